The van der Waals surface area contributed by atoms with Gasteiger partial charge in [0.1, 0.15) is 17.2 Å². The fourth-order valence-corrected chi connectivity index (χ4v) is 4.63. The number of ether oxygens (including phenoxy) is 2. The number of hydrogen-bond acceptors (Lipinski definition) is 8. The summed E-state index contributed by atoms with van der Waals surface area (Å²) in [5, 5.41) is 2.02. The molecule has 1 fully saturated rings. The summed E-state index contributed by atoms with van der Waals surface area (Å²) in [5.74, 6) is -0.277. The number of hydrogen-bond donors (Lipinski definition) is 0. The zero-order valence-corrected chi connectivity index (χ0v) is 17.3. The predicted octanol–water partition coefficient (Wildman–Crippen LogP) is 4.11. The molecule has 3 heterocycles. The molecular formula is C21H15ClN2O5S. The summed E-state index contributed by atoms with van der Waals surface area (Å²) in [4.78, 5) is 31.4. The van der Waals surface area contributed by atoms with E-state index in [-0.39, 0.29) is 11.7 Å². The van der Waals surface area contributed by atoms with Crippen LogP contribution in [-0.2, 0) is 4.74 Å². The summed E-state index contributed by atoms with van der Waals surface area (Å²) in [6.07, 6.45) is -0.333. The van der Waals surface area contributed by atoms with Gasteiger partial charge in [0.25, 0.3) is 0 Å². The summed E-state index contributed by atoms with van der Waals surface area (Å²) >= 11 is 7.72. The summed E-state index contributed by atoms with van der Waals surface area (Å²) < 4.78 is 17.0. The molecule has 0 aliphatic carbocycles. The van der Waals surface area contributed by atoms with Crippen LogP contribution in [0.5, 0.6) is 5.75 Å². The Kier molecular flexibility index (Phi) is 4.60. The molecule has 1 saturated heterocycles. The highest BCUT2D eigenvalue weighted by Crippen LogP contribution is 2.35. The van der Waals surface area contributed by atoms with Crippen molar-refractivity contribution in [2.75, 3.05) is 25.1 Å². The van der Waals surface area contributed by atoms with Gasteiger partial charge in [0.15, 0.2) is 16.5 Å². The molecule has 7 nitrogen and oxygen atoms in total. The van der Waals surface area contributed by atoms with E-state index in [1.165, 1.54) is 24.5 Å². The van der Waals surface area contributed by atoms with Crippen molar-refractivity contribution in [2.45, 2.75) is 6.10 Å². The van der Waals surface area contributed by atoms with Crippen LogP contribution in [-0.4, -0.2) is 37.3 Å². The smallest absolute Gasteiger partial charge is 0.351 e. The Bertz CT molecular complexity index is 1340. The fourth-order valence-electron chi connectivity index (χ4n) is 3.34. The molecule has 0 saturated carbocycles. The van der Waals surface area contributed by atoms with Crippen molar-refractivity contribution in [2.24, 2.45) is 0 Å². The van der Waals surface area contributed by atoms with Crippen molar-refractivity contribution in [3.8, 4) is 5.75 Å². The molecule has 2 aromatic carbocycles. The lowest BCUT2D eigenvalue weighted by atomic mass is 10.1. The maximum absolute atomic E-state index is 12.5. The average molecular weight is 443 g/mol. The number of anilines is 1. The molecule has 0 radical (unpaired) electrons. The molecule has 152 valence electrons. The average Bonchev–Trinajstić information content (AvgIpc) is 3.14. The van der Waals surface area contributed by atoms with Crippen molar-refractivity contribution in [3.63, 3.8) is 0 Å². The lowest BCUT2D eigenvalue weighted by molar-refractivity contribution is 0.0230. The first-order valence-electron chi connectivity index (χ1n) is 9.15. The number of carbonyl (C=O) groups is 1. The van der Waals surface area contributed by atoms with Crippen LogP contribution in [0.1, 0.15) is 10.4 Å². The number of halogens is 1. The van der Waals surface area contributed by atoms with Crippen molar-refractivity contribution < 1.29 is 18.7 Å². The number of esters is 1. The summed E-state index contributed by atoms with van der Waals surface area (Å²) in [5.41, 5.74) is 0.171. The van der Waals surface area contributed by atoms with Crippen molar-refractivity contribution >= 4 is 55.2 Å². The Labute approximate surface area is 179 Å². The van der Waals surface area contributed by atoms with Gasteiger partial charge in [0, 0.05) is 5.39 Å². The van der Waals surface area contributed by atoms with Gasteiger partial charge in [0.05, 0.1) is 29.9 Å². The first-order chi connectivity index (χ1) is 14.5. The molecule has 0 bridgehead atoms. The maximum atomic E-state index is 12.5. The number of benzene rings is 2. The van der Waals surface area contributed by atoms with Crippen LogP contribution >= 0.6 is 22.9 Å². The largest absolute Gasteiger partial charge is 0.493 e. The molecule has 0 spiro atoms. The summed E-state index contributed by atoms with van der Waals surface area (Å²) in [6, 6.07) is 12.3. The molecule has 5 rings (SSSR count). The van der Waals surface area contributed by atoms with Gasteiger partial charge in [-0.2, -0.15) is 0 Å². The Morgan fingerprint density at radius 3 is 2.83 bits per heavy atom. The molecule has 2 aromatic heterocycles. The van der Waals surface area contributed by atoms with Gasteiger partial charge in [-0.1, -0.05) is 41.1 Å². The summed E-state index contributed by atoms with van der Waals surface area (Å²) in [6.45, 7) is 0.992. The van der Waals surface area contributed by atoms with Crippen molar-refractivity contribution in [1.29, 1.82) is 0 Å². The van der Waals surface area contributed by atoms with Crippen LogP contribution in [0, 0.1) is 0 Å². The van der Waals surface area contributed by atoms with Gasteiger partial charge < -0.3 is 18.8 Å². The number of methoxy groups -OCH3 is 1. The van der Waals surface area contributed by atoms with Crippen LogP contribution in [0.4, 0.5) is 5.13 Å². The standard InChI is InChI=1S/C21H15ClN2O5S/c1-27-15-6-2-4-11-8-13(20(26)29-18(11)15)19(25)28-12-9-24(10-12)21-23-17-14(22)5-3-7-16(17)30-21/h2-8,12H,9-10H2,1H3. The van der Waals surface area contributed by atoms with Gasteiger partial charge in [-0.3, -0.25) is 0 Å². The van der Waals surface area contributed by atoms with E-state index in [2.05, 4.69) is 4.98 Å². The van der Waals surface area contributed by atoms with E-state index in [4.69, 9.17) is 25.5 Å². The molecular weight excluding hydrogens is 428 g/mol. The molecule has 30 heavy (non-hydrogen) atoms. The molecule has 1 aliphatic heterocycles. The fraction of sp³-hybridized carbons (Fsp3) is 0.190. The van der Waals surface area contributed by atoms with Crippen LogP contribution < -0.4 is 15.3 Å². The Hall–Kier alpha value is -3.10. The second-order valence-corrected chi connectivity index (χ2v) is 8.26. The lowest BCUT2D eigenvalue weighted by Crippen LogP contribution is -2.53. The van der Waals surface area contributed by atoms with E-state index in [1.807, 2.05) is 17.0 Å². The van der Waals surface area contributed by atoms with Crippen LogP contribution in [0.2, 0.25) is 5.02 Å². The molecule has 0 amide bonds. The van der Waals surface area contributed by atoms with E-state index in [0.29, 0.717) is 34.8 Å². The van der Waals surface area contributed by atoms with Gasteiger partial charge in [0.2, 0.25) is 0 Å². The summed E-state index contributed by atoms with van der Waals surface area (Å²) in [7, 11) is 1.48. The Morgan fingerprint density at radius 2 is 2.07 bits per heavy atom. The second kappa shape index (κ2) is 7.30. The Morgan fingerprint density at radius 1 is 1.27 bits per heavy atom. The van der Waals surface area contributed by atoms with E-state index >= 15 is 0 Å². The molecule has 1 aliphatic rings. The Balaban J connectivity index is 1.30. The number of rotatable bonds is 4. The molecule has 4 aromatic rings. The van der Waals surface area contributed by atoms with Crippen LogP contribution in [0.15, 0.2) is 51.7 Å². The maximum Gasteiger partial charge on any atom is 0.351 e. The van der Waals surface area contributed by atoms with Crippen molar-refractivity contribution in [1.82, 2.24) is 4.98 Å². The number of fused-ring (bicyclic) bond motifs is 2. The SMILES string of the molecule is COc1cccc2cc(C(=O)OC3CN(c4nc5c(Cl)cccc5s4)C3)c(=O)oc12. The highest BCUT2D eigenvalue weighted by Gasteiger charge is 2.33. The lowest BCUT2D eigenvalue weighted by Gasteiger charge is -2.38. The van der Waals surface area contributed by atoms with E-state index in [0.717, 1.165) is 15.3 Å². The third-order valence-corrected chi connectivity index (χ3v) is 6.30. The third kappa shape index (κ3) is 3.18. The number of aromatic nitrogens is 1. The van der Waals surface area contributed by atoms with E-state index in [9.17, 15) is 9.59 Å². The third-order valence-electron chi connectivity index (χ3n) is 4.91. The highest BCUT2D eigenvalue weighted by atomic mass is 35.5. The normalized spacial score (nSPS) is 14.1. The van der Waals surface area contributed by atoms with E-state index in [1.54, 1.807) is 24.3 Å². The van der Waals surface area contributed by atoms with Gasteiger partial charge in [-0.05, 0) is 24.3 Å². The minimum Gasteiger partial charge on any atom is -0.493 e. The zero-order chi connectivity index (χ0) is 20.8. The number of nitrogens with zero attached hydrogens (tertiary/aromatic N) is 2. The topological polar surface area (TPSA) is 81.9 Å². The second-order valence-electron chi connectivity index (χ2n) is 6.84. The quantitative estimate of drug-likeness (QED) is 0.347. The predicted molar refractivity (Wildman–Crippen MR) is 115 cm³/mol. The number of carbonyl (C=O) groups excluding carboxylic acids is 1. The first kappa shape index (κ1) is 18.9. The molecule has 0 unspecified atom stereocenters. The van der Waals surface area contributed by atoms with Gasteiger partial charge in [-0.25, -0.2) is 14.6 Å². The van der Waals surface area contributed by atoms with Crippen LogP contribution in [0.3, 0.4) is 0 Å². The minimum absolute atomic E-state index is 0.138. The van der Waals surface area contributed by atoms with Crippen LogP contribution in [0.25, 0.3) is 21.2 Å². The zero-order valence-electron chi connectivity index (χ0n) is 15.8. The number of para-hydroxylation sites is 2. The van der Waals surface area contributed by atoms with E-state index < -0.39 is 11.6 Å². The minimum atomic E-state index is -0.756. The highest BCUT2D eigenvalue weighted by molar-refractivity contribution is 7.22. The molecule has 0 atom stereocenters. The monoisotopic (exact) mass is 442 g/mol. The first-order valence-corrected chi connectivity index (χ1v) is 10.3. The molecule has 0 N–H and O–H groups in total. The van der Waals surface area contributed by atoms with Gasteiger partial charge in [-0.15, -0.1) is 0 Å². The number of thiazole rings is 1. The molecule has 9 heteroatoms. The van der Waals surface area contributed by atoms with Gasteiger partial charge >= 0.3 is 11.6 Å². The van der Waals surface area contributed by atoms with Crippen molar-refractivity contribution in [3.05, 3.63) is 63.5 Å².